The van der Waals surface area contributed by atoms with E-state index < -0.39 is 17.6 Å². The number of carbonyl (C=O) groups is 2. The van der Waals surface area contributed by atoms with Crippen LogP contribution in [0.1, 0.15) is 10.5 Å². The van der Waals surface area contributed by atoms with Crippen LogP contribution in [0.4, 0.5) is 5.69 Å². The van der Waals surface area contributed by atoms with Crippen molar-refractivity contribution in [3.8, 4) is 22.7 Å². The summed E-state index contributed by atoms with van der Waals surface area (Å²) in [5.74, 6) is -0.964. The molecule has 10 nitrogen and oxygen atoms in total. The maximum Gasteiger partial charge on any atom is 0.439 e. The number of hydrogen-bond donors (Lipinski definition) is 3. The molecule has 2 heterocycles. The van der Waals surface area contributed by atoms with Crippen LogP contribution < -0.4 is 16.4 Å². The molecule has 0 atom stereocenters. The highest BCUT2D eigenvalue weighted by atomic mass is 16.5. The minimum absolute atomic E-state index is 0.0682. The van der Waals surface area contributed by atoms with Crippen LogP contribution in [0, 0.1) is 0 Å². The largest absolute Gasteiger partial charge is 0.439 e. The fourth-order valence-corrected chi connectivity index (χ4v) is 2.68. The van der Waals surface area contributed by atoms with Gasteiger partial charge in [0.05, 0.1) is 6.54 Å². The Morgan fingerprint density at radius 3 is 2.50 bits per heavy atom. The summed E-state index contributed by atoms with van der Waals surface area (Å²) in [6.45, 7) is -0.266. The van der Waals surface area contributed by atoms with Crippen molar-refractivity contribution < 1.29 is 18.6 Å². The lowest BCUT2D eigenvalue weighted by atomic mass is 10.1. The average molecular weight is 405 g/mol. The molecule has 150 valence electrons. The summed E-state index contributed by atoms with van der Waals surface area (Å²) < 4.78 is 9.65. The summed E-state index contributed by atoms with van der Waals surface area (Å²) >= 11 is 0. The van der Waals surface area contributed by atoms with Crippen LogP contribution in [0.5, 0.6) is 0 Å². The topological polar surface area (TPSA) is 143 Å². The lowest BCUT2D eigenvalue weighted by molar-refractivity contribution is -0.115. The molecule has 0 spiro atoms. The molecule has 3 N–H and O–H groups in total. The smallest absolute Gasteiger partial charge is 0.355 e. The Kier molecular flexibility index (Phi) is 5.20. The number of carbonyl (C=O) groups excluding carboxylic acids is 2. The molecule has 0 bridgehead atoms. The molecule has 0 saturated carbocycles. The number of aromatic amines is 1. The van der Waals surface area contributed by atoms with Gasteiger partial charge in [0.15, 0.2) is 17.3 Å². The van der Waals surface area contributed by atoms with E-state index in [1.165, 1.54) is 6.07 Å². The molecule has 10 heteroatoms. The average Bonchev–Trinajstić information content (AvgIpc) is 3.42. The molecule has 2 aromatic heterocycles. The molecule has 0 aliphatic rings. The van der Waals surface area contributed by atoms with Crippen LogP contribution in [-0.4, -0.2) is 33.7 Å². The van der Waals surface area contributed by atoms with Gasteiger partial charge in [-0.3, -0.25) is 19.1 Å². The van der Waals surface area contributed by atoms with E-state index in [1.54, 1.807) is 24.3 Å². The minimum atomic E-state index is -0.676. The number of benzene rings is 2. The molecule has 30 heavy (non-hydrogen) atoms. The predicted octanol–water partition coefficient (Wildman–Crippen LogP) is 2.05. The van der Waals surface area contributed by atoms with Crippen molar-refractivity contribution in [2.24, 2.45) is 0 Å². The number of nitrogens with one attached hydrogen (secondary N) is 3. The van der Waals surface area contributed by atoms with Gasteiger partial charge in [-0.25, -0.2) is 4.79 Å². The number of hydrogen-bond acceptors (Lipinski definition) is 7. The van der Waals surface area contributed by atoms with Gasteiger partial charge in [0.2, 0.25) is 5.91 Å². The summed E-state index contributed by atoms with van der Waals surface area (Å²) in [5.41, 5.74) is 1.87. The van der Waals surface area contributed by atoms with Crippen LogP contribution in [0.2, 0.25) is 0 Å². The van der Waals surface area contributed by atoms with Crippen molar-refractivity contribution in [1.29, 1.82) is 0 Å². The molecule has 2 amide bonds. The van der Waals surface area contributed by atoms with Gasteiger partial charge in [-0.15, -0.1) is 0 Å². The van der Waals surface area contributed by atoms with Gasteiger partial charge in [0.25, 0.3) is 5.91 Å². The number of aromatic nitrogens is 3. The first-order chi connectivity index (χ1) is 14.6. The zero-order chi connectivity index (χ0) is 20.9. The van der Waals surface area contributed by atoms with Gasteiger partial charge in [-0.2, -0.15) is 0 Å². The highest BCUT2D eigenvalue weighted by Gasteiger charge is 2.15. The SMILES string of the molecule is O=C(CNC(=O)c1cc(-c2ccccc2)on1)Nc1cccc(-c2noc(=O)[nH]2)c1. The van der Waals surface area contributed by atoms with Crippen molar-refractivity contribution >= 4 is 17.5 Å². The molecule has 4 aromatic rings. The Morgan fingerprint density at radius 2 is 1.73 bits per heavy atom. The second kappa shape index (κ2) is 8.27. The second-order valence-electron chi connectivity index (χ2n) is 6.20. The number of rotatable bonds is 6. The zero-order valence-electron chi connectivity index (χ0n) is 15.4. The van der Waals surface area contributed by atoms with Crippen LogP contribution in [0.3, 0.4) is 0 Å². The maximum atomic E-state index is 12.2. The lowest BCUT2D eigenvalue weighted by Crippen LogP contribution is -2.33. The van der Waals surface area contributed by atoms with E-state index in [4.69, 9.17) is 4.52 Å². The van der Waals surface area contributed by atoms with Gasteiger partial charge in [0, 0.05) is 22.9 Å². The quantitative estimate of drug-likeness (QED) is 0.445. The molecular weight excluding hydrogens is 390 g/mol. The van der Waals surface area contributed by atoms with Gasteiger partial charge in [-0.05, 0) is 12.1 Å². The van der Waals surface area contributed by atoms with Gasteiger partial charge < -0.3 is 15.2 Å². The van der Waals surface area contributed by atoms with E-state index >= 15 is 0 Å². The fraction of sp³-hybridized carbons (Fsp3) is 0.0500. The van der Waals surface area contributed by atoms with E-state index in [2.05, 4.69) is 30.5 Å². The predicted molar refractivity (Wildman–Crippen MR) is 105 cm³/mol. The minimum Gasteiger partial charge on any atom is -0.355 e. The molecule has 0 fully saturated rings. The Balaban J connectivity index is 1.34. The molecule has 4 rings (SSSR count). The molecular formula is C20H15N5O5. The molecule has 0 saturated heterocycles. The van der Waals surface area contributed by atoms with Crippen molar-refractivity contribution in [3.05, 3.63) is 76.9 Å². The summed E-state index contributed by atoms with van der Waals surface area (Å²) in [6.07, 6.45) is 0. The molecule has 2 aromatic carbocycles. The Morgan fingerprint density at radius 1 is 0.933 bits per heavy atom. The Bertz CT molecular complexity index is 1240. The number of nitrogens with zero attached hydrogens (tertiary/aromatic N) is 2. The summed E-state index contributed by atoms with van der Waals surface area (Å²) in [7, 11) is 0. The van der Waals surface area contributed by atoms with Gasteiger partial charge in [0.1, 0.15) is 0 Å². The first-order valence-electron chi connectivity index (χ1n) is 8.85. The third kappa shape index (κ3) is 4.33. The molecule has 0 aliphatic carbocycles. The van der Waals surface area contributed by atoms with Crippen molar-refractivity contribution in [3.63, 3.8) is 0 Å². The van der Waals surface area contributed by atoms with Crippen molar-refractivity contribution in [1.82, 2.24) is 20.6 Å². The van der Waals surface area contributed by atoms with E-state index in [0.717, 1.165) is 5.56 Å². The van der Waals surface area contributed by atoms with E-state index in [-0.39, 0.29) is 18.1 Å². The second-order valence-corrected chi connectivity index (χ2v) is 6.20. The van der Waals surface area contributed by atoms with Crippen LogP contribution in [-0.2, 0) is 4.79 Å². The van der Waals surface area contributed by atoms with Gasteiger partial charge >= 0.3 is 5.76 Å². The Hall–Kier alpha value is -4.47. The highest BCUT2D eigenvalue weighted by Crippen LogP contribution is 2.20. The fourth-order valence-electron chi connectivity index (χ4n) is 2.68. The van der Waals surface area contributed by atoms with Gasteiger partial charge in [-0.1, -0.05) is 52.8 Å². The maximum absolute atomic E-state index is 12.2. The summed E-state index contributed by atoms with van der Waals surface area (Å²) in [6, 6.07) is 17.4. The monoisotopic (exact) mass is 405 g/mol. The standard InChI is InChI=1S/C20H15N5O5/c26-17(22-14-8-4-7-13(9-14)18-23-20(28)30-25-18)11-21-19(27)15-10-16(29-24-15)12-5-2-1-3-6-12/h1-10H,11H2,(H,21,27)(H,22,26)(H,23,25,28). The number of anilines is 1. The van der Waals surface area contributed by atoms with Crippen LogP contribution in [0.15, 0.2) is 74.5 Å². The first-order valence-corrected chi connectivity index (χ1v) is 8.85. The van der Waals surface area contributed by atoms with E-state index in [9.17, 15) is 14.4 Å². The number of H-pyrrole nitrogens is 1. The van der Waals surface area contributed by atoms with E-state index in [1.807, 2.05) is 30.3 Å². The highest BCUT2D eigenvalue weighted by molar-refractivity contribution is 5.98. The summed E-state index contributed by atoms with van der Waals surface area (Å²) in [5, 5.41) is 12.5. The van der Waals surface area contributed by atoms with E-state index in [0.29, 0.717) is 17.0 Å². The molecule has 0 unspecified atom stereocenters. The summed E-state index contributed by atoms with van der Waals surface area (Å²) in [4.78, 5) is 37.9. The van der Waals surface area contributed by atoms with Crippen LogP contribution >= 0.6 is 0 Å². The number of amides is 2. The normalized spacial score (nSPS) is 10.5. The Labute approximate surface area is 168 Å². The molecule has 0 radical (unpaired) electrons. The van der Waals surface area contributed by atoms with Crippen molar-refractivity contribution in [2.45, 2.75) is 0 Å². The zero-order valence-corrected chi connectivity index (χ0v) is 15.4. The third-order valence-corrected chi connectivity index (χ3v) is 4.07. The van der Waals surface area contributed by atoms with Crippen LogP contribution in [0.25, 0.3) is 22.7 Å². The third-order valence-electron chi connectivity index (χ3n) is 4.07. The van der Waals surface area contributed by atoms with Crippen molar-refractivity contribution in [2.75, 3.05) is 11.9 Å². The first kappa shape index (κ1) is 18.9. The lowest BCUT2D eigenvalue weighted by Gasteiger charge is -2.07. The molecule has 0 aliphatic heterocycles.